The van der Waals surface area contributed by atoms with Crippen molar-refractivity contribution in [2.75, 3.05) is 24.6 Å². The first-order valence-corrected chi connectivity index (χ1v) is 10.4. The van der Waals surface area contributed by atoms with E-state index >= 15 is 0 Å². The summed E-state index contributed by atoms with van der Waals surface area (Å²) >= 11 is 0. The summed E-state index contributed by atoms with van der Waals surface area (Å²) in [7, 11) is 0. The molecule has 170 valence electrons. The van der Waals surface area contributed by atoms with Crippen LogP contribution in [0.3, 0.4) is 0 Å². The fourth-order valence-corrected chi connectivity index (χ4v) is 4.04. The van der Waals surface area contributed by atoms with Crippen molar-refractivity contribution >= 4 is 23.3 Å². The minimum Gasteiger partial charge on any atom is -0.484 e. The van der Waals surface area contributed by atoms with E-state index in [1.165, 1.54) is 6.07 Å². The smallest absolute Gasteiger partial charge is 0.338 e. The molecule has 0 aromatic heterocycles. The Kier molecular flexibility index (Phi) is 7.29. The van der Waals surface area contributed by atoms with Crippen LogP contribution in [0.2, 0.25) is 0 Å². The number of ether oxygens (including phenoxy) is 2. The van der Waals surface area contributed by atoms with Crippen molar-refractivity contribution in [2.45, 2.75) is 26.9 Å². The molecule has 0 radical (unpaired) electrons. The summed E-state index contributed by atoms with van der Waals surface area (Å²) in [5.41, 5.74) is 6.22. The molecule has 2 aromatic carbocycles. The first-order valence-electron chi connectivity index (χ1n) is 10.4. The fourth-order valence-electron chi connectivity index (χ4n) is 4.04. The Morgan fingerprint density at radius 3 is 2.53 bits per heavy atom. The standard InChI is InChI=1S/C23H27N3O6/c1-15-8-16(2)12-25(11-15)20-7-6-18(10-21(20)26(29)30)23(28)32-13-17-4-3-5-19(9-17)31-14-22(24)27/h3-7,9-10,15-16H,8,11-14H2,1-2H3,(H2,24,27). The average molecular weight is 441 g/mol. The number of nitro benzene ring substituents is 1. The highest BCUT2D eigenvalue weighted by Crippen LogP contribution is 2.34. The summed E-state index contributed by atoms with van der Waals surface area (Å²) in [5, 5.41) is 11.7. The molecule has 2 N–H and O–H groups in total. The zero-order chi connectivity index (χ0) is 23.3. The Balaban J connectivity index is 1.71. The number of hydrogen-bond donors (Lipinski definition) is 1. The van der Waals surface area contributed by atoms with E-state index in [4.69, 9.17) is 15.2 Å². The number of amides is 1. The van der Waals surface area contributed by atoms with E-state index in [2.05, 4.69) is 13.8 Å². The fraction of sp³-hybridized carbons (Fsp3) is 0.391. The van der Waals surface area contributed by atoms with E-state index in [1.54, 1.807) is 36.4 Å². The van der Waals surface area contributed by atoms with Crippen LogP contribution in [0.1, 0.15) is 36.2 Å². The Hall–Kier alpha value is -3.62. The molecule has 1 saturated heterocycles. The second-order valence-corrected chi connectivity index (χ2v) is 8.29. The summed E-state index contributed by atoms with van der Waals surface area (Å²) in [6.45, 7) is 5.44. The lowest BCUT2D eigenvalue weighted by Gasteiger charge is -2.36. The van der Waals surface area contributed by atoms with Gasteiger partial charge in [-0.15, -0.1) is 0 Å². The summed E-state index contributed by atoms with van der Waals surface area (Å²) in [5.74, 6) is 0.0302. The van der Waals surface area contributed by atoms with Gasteiger partial charge in [0, 0.05) is 19.2 Å². The molecule has 1 fully saturated rings. The number of esters is 1. The van der Waals surface area contributed by atoms with E-state index in [0.29, 0.717) is 28.8 Å². The topological polar surface area (TPSA) is 125 Å². The van der Waals surface area contributed by atoms with Crippen molar-refractivity contribution < 1.29 is 24.0 Å². The van der Waals surface area contributed by atoms with E-state index in [1.807, 2.05) is 4.90 Å². The molecular weight excluding hydrogens is 414 g/mol. The van der Waals surface area contributed by atoms with Crippen LogP contribution in [-0.4, -0.2) is 36.5 Å². The van der Waals surface area contributed by atoms with Crippen molar-refractivity contribution in [1.82, 2.24) is 0 Å². The van der Waals surface area contributed by atoms with E-state index < -0.39 is 16.8 Å². The number of carbonyl (C=O) groups excluding carboxylic acids is 2. The molecule has 2 aromatic rings. The average Bonchev–Trinajstić information content (AvgIpc) is 2.75. The molecule has 2 atom stereocenters. The molecule has 1 aliphatic heterocycles. The van der Waals surface area contributed by atoms with Gasteiger partial charge in [-0.05, 0) is 48.1 Å². The number of carbonyl (C=O) groups is 2. The number of nitro groups is 1. The summed E-state index contributed by atoms with van der Waals surface area (Å²) in [4.78, 5) is 36.6. The third-order valence-electron chi connectivity index (χ3n) is 5.27. The highest BCUT2D eigenvalue weighted by Gasteiger charge is 2.28. The Labute approximate surface area is 186 Å². The second kappa shape index (κ2) is 10.1. The predicted molar refractivity (Wildman–Crippen MR) is 119 cm³/mol. The summed E-state index contributed by atoms with van der Waals surface area (Å²) in [6, 6.07) is 11.2. The van der Waals surface area contributed by atoms with Crippen LogP contribution in [-0.2, 0) is 16.1 Å². The molecule has 3 rings (SSSR count). The monoisotopic (exact) mass is 441 g/mol. The maximum Gasteiger partial charge on any atom is 0.338 e. The number of benzene rings is 2. The molecule has 1 heterocycles. The minimum absolute atomic E-state index is 0.0523. The van der Waals surface area contributed by atoms with Gasteiger partial charge >= 0.3 is 5.97 Å². The van der Waals surface area contributed by atoms with Crippen molar-refractivity contribution in [3.05, 3.63) is 63.7 Å². The lowest BCUT2D eigenvalue weighted by atomic mass is 9.91. The van der Waals surface area contributed by atoms with Crippen molar-refractivity contribution in [3.63, 3.8) is 0 Å². The van der Waals surface area contributed by atoms with Crippen molar-refractivity contribution in [3.8, 4) is 5.75 Å². The molecule has 1 aliphatic rings. The van der Waals surface area contributed by atoms with Crippen LogP contribution in [0.15, 0.2) is 42.5 Å². The first-order chi connectivity index (χ1) is 15.2. The number of hydrogen-bond acceptors (Lipinski definition) is 7. The Bertz CT molecular complexity index is 999. The Morgan fingerprint density at radius 2 is 1.88 bits per heavy atom. The Morgan fingerprint density at radius 1 is 1.16 bits per heavy atom. The molecule has 0 bridgehead atoms. The molecule has 9 heteroatoms. The lowest BCUT2D eigenvalue weighted by molar-refractivity contribution is -0.384. The van der Waals surface area contributed by atoms with E-state index in [-0.39, 0.29) is 24.5 Å². The largest absolute Gasteiger partial charge is 0.484 e. The maximum absolute atomic E-state index is 12.5. The van der Waals surface area contributed by atoms with Crippen LogP contribution >= 0.6 is 0 Å². The SMILES string of the molecule is CC1CC(C)CN(c2ccc(C(=O)OCc3cccc(OCC(N)=O)c3)cc2[N+](=O)[O-])C1. The highest BCUT2D eigenvalue weighted by atomic mass is 16.6. The van der Waals surface area contributed by atoms with Gasteiger partial charge in [-0.2, -0.15) is 0 Å². The zero-order valence-corrected chi connectivity index (χ0v) is 18.2. The van der Waals surface area contributed by atoms with Crippen LogP contribution in [0.4, 0.5) is 11.4 Å². The number of nitrogens with two attached hydrogens (primary N) is 1. The number of primary amides is 1. The van der Waals surface area contributed by atoms with Gasteiger partial charge in [0.1, 0.15) is 18.0 Å². The number of piperidine rings is 1. The number of nitrogens with zero attached hydrogens (tertiary/aromatic N) is 2. The second-order valence-electron chi connectivity index (χ2n) is 8.29. The molecule has 2 unspecified atom stereocenters. The first kappa shape index (κ1) is 23.1. The summed E-state index contributed by atoms with van der Waals surface area (Å²) in [6.07, 6.45) is 1.09. The van der Waals surface area contributed by atoms with Gasteiger partial charge in [-0.25, -0.2) is 4.79 Å². The van der Waals surface area contributed by atoms with Gasteiger partial charge in [-0.1, -0.05) is 26.0 Å². The van der Waals surface area contributed by atoms with Crippen LogP contribution in [0.5, 0.6) is 5.75 Å². The van der Waals surface area contributed by atoms with Crippen LogP contribution in [0, 0.1) is 22.0 Å². The van der Waals surface area contributed by atoms with Crippen LogP contribution in [0.25, 0.3) is 0 Å². The van der Waals surface area contributed by atoms with Crippen LogP contribution < -0.4 is 15.4 Å². The molecular formula is C23H27N3O6. The van der Waals surface area contributed by atoms with Gasteiger partial charge < -0.3 is 20.1 Å². The lowest BCUT2D eigenvalue weighted by Crippen LogP contribution is -2.39. The van der Waals surface area contributed by atoms with Gasteiger partial charge in [0.05, 0.1) is 10.5 Å². The third kappa shape index (κ3) is 5.96. The van der Waals surface area contributed by atoms with Crippen molar-refractivity contribution in [1.29, 1.82) is 0 Å². The normalized spacial score (nSPS) is 18.1. The van der Waals surface area contributed by atoms with Gasteiger partial charge in [-0.3, -0.25) is 14.9 Å². The van der Waals surface area contributed by atoms with Gasteiger partial charge in [0.2, 0.25) is 0 Å². The molecule has 0 aliphatic carbocycles. The number of anilines is 1. The van der Waals surface area contributed by atoms with Gasteiger partial charge in [0.25, 0.3) is 11.6 Å². The molecule has 0 saturated carbocycles. The molecule has 0 spiro atoms. The minimum atomic E-state index is -0.663. The molecule has 9 nitrogen and oxygen atoms in total. The van der Waals surface area contributed by atoms with E-state index in [0.717, 1.165) is 19.5 Å². The predicted octanol–water partition coefficient (Wildman–Crippen LogP) is 3.30. The quantitative estimate of drug-likeness (QED) is 0.378. The maximum atomic E-state index is 12.5. The number of rotatable bonds is 8. The molecule has 32 heavy (non-hydrogen) atoms. The van der Waals surface area contributed by atoms with Crippen molar-refractivity contribution in [2.24, 2.45) is 17.6 Å². The third-order valence-corrected chi connectivity index (χ3v) is 5.27. The highest BCUT2D eigenvalue weighted by molar-refractivity contribution is 5.91. The molecule has 1 amide bonds. The van der Waals surface area contributed by atoms with E-state index in [9.17, 15) is 19.7 Å². The summed E-state index contributed by atoms with van der Waals surface area (Å²) < 4.78 is 10.6. The zero-order valence-electron chi connectivity index (χ0n) is 18.2. The van der Waals surface area contributed by atoms with Gasteiger partial charge in [0.15, 0.2) is 6.61 Å².